The van der Waals surface area contributed by atoms with Gasteiger partial charge in [-0.05, 0) is 60.9 Å². The van der Waals surface area contributed by atoms with Crippen molar-refractivity contribution >= 4 is 17.5 Å². The lowest BCUT2D eigenvalue weighted by Crippen LogP contribution is -2.46. The van der Waals surface area contributed by atoms with Crippen molar-refractivity contribution in [1.82, 2.24) is 5.32 Å². The molecule has 1 aliphatic carbocycles. The maximum atomic E-state index is 14.0. The first-order chi connectivity index (χ1) is 17.1. The molecule has 3 aromatic carbocycles. The third-order valence-corrected chi connectivity index (χ3v) is 6.44. The number of ether oxygens (including phenoxy) is 2. The van der Waals surface area contributed by atoms with E-state index in [1.54, 1.807) is 42.5 Å². The molecule has 0 unspecified atom stereocenters. The molecular weight excluding hydrogens is 447 g/mol. The predicted molar refractivity (Wildman–Crippen MR) is 130 cm³/mol. The van der Waals surface area contributed by atoms with Crippen LogP contribution < -0.4 is 19.7 Å². The van der Waals surface area contributed by atoms with Crippen LogP contribution in [0.3, 0.4) is 0 Å². The molecule has 7 heteroatoms. The van der Waals surface area contributed by atoms with Gasteiger partial charge in [0.2, 0.25) is 5.91 Å². The quantitative estimate of drug-likeness (QED) is 0.543. The number of benzene rings is 3. The molecule has 0 saturated heterocycles. The molecule has 1 saturated carbocycles. The van der Waals surface area contributed by atoms with Crippen LogP contribution in [0.4, 0.5) is 10.1 Å². The van der Waals surface area contributed by atoms with Crippen LogP contribution in [-0.2, 0) is 4.79 Å². The van der Waals surface area contributed by atoms with E-state index in [0.29, 0.717) is 41.5 Å². The number of hydrogen-bond acceptors (Lipinski definition) is 4. The molecule has 0 spiro atoms. The van der Waals surface area contributed by atoms with E-state index in [1.165, 1.54) is 17.0 Å². The van der Waals surface area contributed by atoms with E-state index < -0.39 is 11.9 Å². The van der Waals surface area contributed by atoms with Crippen LogP contribution in [0.1, 0.15) is 47.6 Å². The summed E-state index contributed by atoms with van der Waals surface area (Å²) < 4.78 is 25.1. The molecule has 35 heavy (non-hydrogen) atoms. The van der Waals surface area contributed by atoms with E-state index in [9.17, 15) is 14.0 Å². The standard InChI is InChI=1S/C28H27FN2O4/c29-21-13-10-19(11-14-21)26(27(32)30-22-6-4-5-7-22)31(23-8-2-1-3-9-23)28(33)20-12-15-24-25(18-20)35-17-16-34-24/h1-3,8-15,18,22,26H,4-7,16-17H2,(H,30,32)/t26-/m1/s1. The molecule has 1 heterocycles. The van der Waals surface area contributed by atoms with Gasteiger partial charge in [0.25, 0.3) is 5.91 Å². The summed E-state index contributed by atoms with van der Waals surface area (Å²) in [7, 11) is 0. The highest BCUT2D eigenvalue weighted by Gasteiger charge is 2.35. The molecule has 0 bridgehead atoms. The third-order valence-electron chi connectivity index (χ3n) is 6.44. The number of rotatable bonds is 6. The Labute approximate surface area is 203 Å². The average molecular weight is 475 g/mol. The summed E-state index contributed by atoms with van der Waals surface area (Å²) in [6, 6.07) is 18.9. The zero-order valence-corrected chi connectivity index (χ0v) is 19.3. The zero-order valence-electron chi connectivity index (χ0n) is 19.3. The third kappa shape index (κ3) is 4.99. The normalized spacial score (nSPS) is 15.9. The van der Waals surface area contributed by atoms with Crippen molar-refractivity contribution < 1.29 is 23.5 Å². The van der Waals surface area contributed by atoms with Crippen molar-refractivity contribution in [1.29, 1.82) is 0 Å². The summed E-state index contributed by atoms with van der Waals surface area (Å²) in [5, 5.41) is 3.13. The molecule has 180 valence electrons. The Morgan fingerprint density at radius 1 is 0.886 bits per heavy atom. The van der Waals surface area contributed by atoms with E-state index in [-0.39, 0.29) is 17.9 Å². The van der Waals surface area contributed by atoms with E-state index in [2.05, 4.69) is 5.32 Å². The van der Waals surface area contributed by atoms with Crippen LogP contribution in [0.15, 0.2) is 72.8 Å². The summed E-state index contributed by atoms with van der Waals surface area (Å²) in [5.74, 6) is -0.00702. The van der Waals surface area contributed by atoms with E-state index in [1.807, 2.05) is 18.2 Å². The van der Waals surface area contributed by atoms with Crippen molar-refractivity contribution in [2.24, 2.45) is 0 Å². The summed E-state index contributed by atoms with van der Waals surface area (Å²) in [4.78, 5) is 29.2. The number of nitrogens with one attached hydrogen (secondary N) is 1. The number of carbonyl (C=O) groups excluding carboxylic acids is 2. The van der Waals surface area contributed by atoms with E-state index in [4.69, 9.17) is 9.47 Å². The Kier molecular flexibility index (Phi) is 6.66. The van der Waals surface area contributed by atoms with Gasteiger partial charge < -0.3 is 14.8 Å². The van der Waals surface area contributed by atoms with Crippen LogP contribution in [0, 0.1) is 5.82 Å². The summed E-state index contributed by atoms with van der Waals surface area (Å²) in [5.41, 5.74) is 1.44. The van der Waals surface area contributed by atoms with E-state index >= 15 is 0 Å². The minimum absolute atomic E-state index is 0.0625. The van der Waals surface area contributed by atoms with Gasteiger partial charge in [-0.15, -0.1) is 0 Å². The van der Waals surface area contributed by atoms with Gasteiger partial charge in [-0.1, -0.05) is 43.2 Å². The fourth-order valence-corrected chi connectivity index (χ4v) is 4.70. The van der Waals surface area contributed by atoms with Gasteiger partial charge in [0.05, 0.1) is 0 Å². The Hall–Kier alpha value is -3.87. The number of carbonyl (C=O) groups is 2. The second-order valence-electron chi connectivity index (χ2n) is 8.81. The molecule has 1 aliphatic heterocycles. The van der Waals surface area contributed by atoms with Crippen molar-refractivity contribution in [2.45, 2.75) is 37.8 Å². The number of nitrogens with zero attached hydrogens (tertiary/aromatic N) is 1. The first kappa shape index (κ1) is 22.9. The van der Waals surface area contributed by atoms with Gasteiger partial charge in [0.1, 0.15) is 25.1 Å². The summed E-state index contributed by atoms with van der Waals surface area (Å²) in [6.45, 7) is 0.847. The Morgan fingerprint density at radius 2 is 1.57 bits per heavy atom. The molecular formula is C28H27FN2O4. The van der Waals surface area contributed by atoms with Gasteiger partial charge in [-0.3, -0.25) is 14.5 Å². The number of anilines is 1. The minimum atomic E-state index is -0.987. The first-order valence-electron chi connectivity index (χ1n) is 11.9. The Balaban J connectivity index is 1.58. The number of amides is 2. The molecule has 1 N–H and O–H groups in total. The van der Waals surface area contributed by atoms with Gasteiger partial charge in [-0.25, -0.2) is 4.39 Å². The maximum Gasteiger partial charge on any atom is 0.259 e. The van der Waals surface area contributed by atoms with Crippen LogP contribution >= 0.6 is 0 Å². The number of hydrogen-bond donors (Lipinski definition) is 1. The molecule has 0 radical (unpaired) electrons. The Bertz CT molecular complexity index is 1190. The SMILES string of the molecule is O=C(NC1CCCC1)[C@@H](c1ccc(F)cc1)N(C(=O)c1ccc2c(c1)OCCO2)c1ccccc1. The van der Waals surface area contributed by atoms with Crippen molar-refractivity contribution in [3.63, 3.8) is 0 Å². The van der Waals surface area contributed by atoms with Crippen LogP contribution in [0.5, 0.6) is 11.5 Å². The van der Waals surface area contributed by atoms with Crippen LogP contribution in [0.25, 0.3) is 0 Å². The van der Waals surface area contributed by atoms with Gasteiger partial charge in [0.15, 0.2) is 11.5 Å². The van der Waals surface area contributed by atoms with Crippen molar-refractivity contribution in [3.8, 4) is 11.5 Å². The highest BCUT2D eigenvalue weighted by Crippen LogP contribution is 2.34. The Morgan fingerprint density at radius 3 is 2.29 bits per heavy atom. The summed E-state index contributed by atoms with van der Waals surface area (Å²) >= 11 is 0. The monoisotopic (exact) mass is 474 g/mol. The van der Waals surface area contributed by atoms with Gasteiger partial charge in [-0.2, -0.15) is 0 Å². The second kappa shape index (κ2) is 10.2. The van der Waals surface area contributed by atoms with E-state index in [0.717, 1.165) is 25.7 Å². The lowest BCUT2D eigenvalue weighted by Gasteiger charge is -2.32. The van der Waals surface area contributed by atoms with Gasteiger partial charge in [0, 0.05) is 17.3 Å². The van der Waals surface area contributed by atoms with Crippen molar-refractivity contribution in [2.75, 3.05) is 18.1 Å². The topological polar surface area (TPSA) is 67.9 Å². The molecule has 0 aromatic heterocycles. The first-order valence-corrected chi connectivity index (χ1v) is 11.9. The molecule has 2 aliphatic rings. The highest BCUT2D eigenvalue weighted by atomic mass is 19.1. The number of fused-ring (bicyclic) bond motifs is 1. The predicted octanol–water partition coefficient (Wildman–Crippen LogP) is 5.04. The van der Waals surface area contributed by atoms with Crippen LogP contribution in [0.2, 0.25) is 0 Å². The number of halogens is 1. The lowest BCUT2D eigenvalue weighted by molar-refractivity contribution is -0.123. The zero-order chi connectivity index (χ0) is 24.2. The summed E-state index contributed by atoms with van der Waals surface area (Å²) in [6.07, 6.45) is 3.93. The molecule has 6 nitrogen and oxygen atoms in total. The number of para-hydroxylation sites is 1. The largest absolute Gasteiger partial charge is 0.486 e. The van der Waals surface area contributed by atoms with Crippen molar-refractivity contribution in [3.05, 3.63) is 89.7 Å². The highest BCUT2D eigenvalue weighted by molar-refractivity contribution is 6.10. The average Bonchev–Trinajstić information content (AvgIpc) is 3.41. The lowest BCUT2D eigenvalue weighted by atomic mass is 10.0. The molecule has 2 amide bonds. The van der Waals surface area contributed by atoms with Crippen LogP contribution in [-0.4, -0.2) is 31.1 Å². The molecule has 1 atom stereocenters. The molecule has 1 fully saturated rings. The molecule has 5 rings (SSSR count). The molecule has 3 aromatic rings. The van der Waals surface area contributed by atoms with Gasteiger partial charge >= 0.3 is 0 Å². The second-order valence-corrected chi connectivity index (χ2v) is 8.81. The minimum Gasteiger partial charge on any atom is -0.486 e. The maximum absolute atomic E-state index is 14.0. The fourth-order valence-electron chi connectivity index (χ4n) is 4.70. The smallest absolute Gasteiger partial charge is 0.259 e. The fraction of sp³-hybridized carbons (Fsp3) is 0.286.